The molecule has 0 aliphatic rings. The van der Waals surface area contributed by atoms with Crippen LogP contribution in [0.15, 0.2) is 65.7 Å². The lowest BCUT2D eigenvalue weighted by atomic mass is 10.1. The molecule has 4 aromatic rings. The van der Waals surface area contributed by atoms with Gasteiger partial charge in [-0.3, -0.25) is 4.79 Å². The minimum Gasteiger partial charge on any atom is -0.320 e. The maximum absolute atomic E-state index is 12.7. The van der Waals surface area contributed by atoms with Gasteiger partial charge in [0.15, 0.2) is 11.2 Å². The summed E-state index contributed by atoms with van der Waals surface area (Å²) in [5.41, 5.74) is 0.860. The maximum atomic E-state index is 12.7. The van der Waals surface area contributed by atoms with Crippen LogP contribution in [-0.2, 0) is 12.7 Å². The average Bonchev–Trinajstić information content (AvgIpc) is 3.05. The molecule has 136 valence electrons. The van der Waals surface area contributed by atoms with Crippen LogP contribution in [0.3, 0.4) is 0 Å². The topological polar surface area (TPSA) is 63.6 Å². The third-order valence-electron chi connectivity index (χ3n) is 4.16. The maximum Gasteiger partial charge on any atom is 0.416 e. The number of fused-ring (bicyclic) bond motifs is 1. The molecule has 0 bridgehead atoms. The van der Waals surface area contributed by atoms with Crippen molar-refractivity contribution >= 4 is 11.2 Å². The lowest BCUT2D eigenvalue weighted by molar-refractivity contribution is -0.137. The minimum atomic E-state index is -4.38. The highest BCUT2D eigenvalue weighted by Crippen LogP contribution is 2.29. The van der Waals surface area contributed by atoms with E-state index in [9.17, 15) is 18.0 Å². The van der Waals surface area contributed by atoms with Gasteiger partial charge in [-0.2, -0.15) is 13.2 Å². The highest BCUT2D eigenvalue weighted by atomic mass is 19.4. The summed E-state index contributed by atoms with van der Waals surface area (Å²) in [6.07, 6.45) is -2.92. The van der Waals surface area contributed by atoms with Gasteiger partial charge >= 0.3 is 6.18 Å². The quantitative estimate of drug-likeness (QED) is 0.596. The lowest BCUT2D eigenvalue weighted by Crippen LogP contribution is -2.14. The number of nitrogens with one attached hydrogen (secondary N) is 1. The van der Waals surface area contributed by atoms with E-state index in [2.05, 4.69) is 15.0 Å². The zero-order valence-corrected chi connectivity index (χ0v) is 13.9. The first-order valence-corrected chi connectivity index (χ1v) is 8.08. The highest BCUT2D eigenvalue weighted by Gasteiger charge is 2.29. The van der Waals surface area contributed by atoms with E-state index in [1.165, 1.54) is 18.5 Å². The summed E-state index contributed by atoms with van der Waals surface area (Å²) >= 11 is 0. The van der Waals surface area contributed by atoms with Gasteiger partial charge in [0.1, 0.15) is 5.82 Å². The zero-order chi connectivity index (χ0) is 19.0. The zero-order valence-electron chi connectivity index (χ0n) is 13.9. The number of hydrogen-bond acceptors (Lipinski definition) is 3. The molecule has 0 aliphatic carbocycles. The van der Waals surface area contributed by atoms with Crippen LogP contribution < -0.4 is 5.56 Å². The monoisotopic (exact) mass is 370 g/mol. The van der Waals surface area contributed by atoms with Gasteiger partial charge in [0, 0.05) is 12.1 Å². The third-order valence-corrected chi connectivity index (χ3v) is 4.16. The van der Waals surface area contributed by atoms with E-state index in [0.717, 1.165) is 17.7 Å². The first kappa shape index (κ1) is 17.0. The van der Waals surface area contributed by atoms with E-state index < -0.39 is 11.7 Å². The first-order valence-electron chi connectivity index (χ1n) is 8.08. The number of imidazole rings is 1. The van der Waals surface area contributed by atoms with Crippen molar-refractivity contribution in [1.29, 1.82) is 0 Å². The first-order chi connectivity index (χ1) is 12.9. The van der Waals surface area contributed by atoms with Crippen molar-refractivity contribution in [3.8, 4) is 11.4 Å². The second-order valence-electron chi connectivity index (χ2n) is 6.02. The molecule has 0 saturated heterocycles. The van der Waals surface area contributed by atoms with Gasteiger partial charge in [-0.25, -0.2) is 9.97 Å². The second-order valence-corrected chi connectivity index (χ2v) is 6.02. The fourth-order valence-electron chi connectivity index (χ4n) is 2.83. The Morgan fingerprint density at radius 1 is 1.00 bits per heavy atom. The van der Waals surface area contributed by atoms with Crippen LogP contribution in [0.2, 0.25) is 0 Å². The average molecular weight is 370 g/mol. The molecule has 1 N–H and O–H groups in total. The van der Waals surface area contributed by atoms with Crippen molar-refractivity contribution in [1.82, 2.24) is 19.5 Å². The molecule has 0 amide bonds. The summed E-state index contributed by atoms with van der Waals surface area (Å²) in [6, 6.07) is 14.0. The Labute approximate surface area is 151 Å². The molecule has 0 saturated carbocycles. The van der Waals surface area contributed by atoms with Crippen molar-refractivity contribution < 1.29 is 13.2 Å². The van der Waals surface area contributed by atoms with Crippen molar-refractivity contribution in [3.63, 3.8) is 0 Å². The van der Waals surface area contributed by atoms with Crippen LogP contribution in [0, 0.1) is 0 Å². The Morgan fingerprint density at radius 3 is 2.37 bits per heavy atom. The number of halogens is 3. The summed E-state index contributed by atoms with van der Waals surface area (Å²) in [6.45, 7) is 0.212. The Hall–Kier alpha value is -3.42. The van der Waals surface area contributed by atoms with Gasteiger partial charge in [0.2, 0.25) is 0 Å². The molecule has 2 aromatic carbocycles. The van der Waals surface area contributed by atoms with Gasteiger partial charge in [0.25, 0.3) is 5.56 Å². The molecule has 0 atom stereocenters. The fraction of sp³-hybridized carbons (Fsp3) is 0.105. The van der Waals surface area contributed by atoms with E-state index in [1.54, 1.807) is 4.57 Å². The van der Waals surface area contributed by atoms with Gasteiger partial charge in [-0.05, 0) is 17.7 Å². The number of alkyl halides is 3. The van der Waals surface area contributed by atoms with Crippen molar-refractivity contribution in [2.75, 3.05) is 0 Å². The molecule has 0 spiro atoms. The van der Waals surface area contributed by atoms with E-state index in [0.29, 0.717) is 11.4 Å². The molecule has 0 fully saturated rings. The summed E-state index contributed by atoms with van der Waals surface area (Å²) in [7, 11) is 0. The van der Waals surface area contributed by atoms with Gasteiger partial charge in [-0.15, -0.1) is 0 Å². The molecule has 0 unspecified atom stereocenters. The van der Waals surface area contributed by atoms with Crippen LogP contribution in [-0.4, -0.2) is 19.5 Å². The van der Waals surface area contributed by atoms with Gasteiger partial charge in [0.05, 0.1) is 11.9 Å². The second kappa shape index (κ2) is 6.39. The molecule has 2 heterocycles. The molecule has 5 nitrogen and oxygen atoms in total. The molecule has 27 heavy (non-hydrogen) atoms. The van der Waals surface area contributed by atoms with E-state index in [-0.39, 0.29) is 23.3 Å². The lowest BCUT2D eigenvalue weighted by Gasteiger charge is -2.08. The number of aromatic amines is 1. The number of aromatic nitrogens is 4. The largest absolute Gasteiger partial charge is 0.416 e. The number of H-pyrrole nitrogens is 1. The number of benzene rings is 2. The van der Waals surface area contributed by atoms with Crippen molar-refractivity contribution in [2.45, 2.75) is 12.7 Å². The van der Waals surface area contributed by atoms with Crippen molar-refractivity contribution in [3.05, 3.63) is 82.4 Å². The minimum absolute atomic E-state index is 0.212. The predicted molar refractivity (Wildman–Crippen MR) is 94.1 cm³/mol. The van der Waals surface area contributed by atoms with E-state index in [4.69, 9.17) is 0 Å². The fourth-order valence-corrected chi connectivity index (χ4v) is 2.83. The molecule has 4 rings (SSSR count). The Kier molecular flexibility index (Phi) is 4.02. The van der Waals surface area contributed by atoms with Crippen LogP contribution in [0.25, 0.3) is 22.6 Å². The Morgan fingerprint density at radius 2 is 1.70 bits per heavy atom. The van der Waals surface area contributed by atoms with Crippen molar-refractivity contribution in [2.24, 2.45) is 0 Å². The van der Waals surface area contributed by atoms with Crippen LogP contribution >= 0.6 is 0 Å². The van der Waals surface area contributed by atoms with Crippen LogP contribution in [0.4, 0.5) is 13.2 Å². The number of hydrogen-bond donors (Lipinski definition) is 1. The molecule has 2 aromatic heterocycles. The third kappa shape index (κ3) is 3.33. The summed E-state index contributed by atoms with van der Waals surface area (Å²) < 4.78 is 39.6. The van der Waals surface area contributed by atoms with Gasteiger partial charge < -0.3 is 9.55 Å². The Bertz CT molecular complexity index is 1150. The number of nitrogens with zero attached hydrogens (tertiary/aromatic N) is 3. The summed E-state index contributed by atoms with van der Waals surface area (Å²) in [5, 5.41) is 0. The SMILES string of the molecule is O=c1[nH]c(-c2ccccc2)nc2ncn(Cc3ccc(C(F)(F)F)cc3)c12. The summed E-state index contributed by atoms with van der Waals surface area (Å²) in [5.74, 6) is 0.410. The smallest absolute Gasteiger partial charge is 0.320 e. The molecule has 0 radical (unpaired) electrons. The van der Waals surface area contributed by atoms with Crippen LogP contribution in [0.5, 0.6) is 0 Å². The standard InChI is InChI=1S/C19H13F3N4O/c20-19(21,22)14-8-6-12(7-9-14)10-26-11-23-17-15(26)18(27)25-16(24-17)13-4-2-1-3-5-13/h1-9,11H,10H2,(H,24,25,27). The number of rotatable bonds is 3. The molecule has 8 heteroatoms. The molecular weight excluding hydrogens is 357 g/mol. The van der Waals surface area contributed by atoms with Gasteiger partial charge in [-0.1, -0.05) is 42.5 Å². The van der Waals surface area contributed by atoms with E-state index >= 15 is 0 Å². The predicted octanol–water partition coefficient (Wildman–Crippen LogP) is 3.85. The molecule has 0 aliphatic heterocycles. The van der Waals surface area contributed by atoms with Crippen LogP contribution in [0.1, 0.15) is 11.1 Å². The highest BCUT2D eigenvalue weighted by molar-refractivity contribution is 5.72. The van der Waals surface area contributed by atoms with E-state index in [1.807, 2.05) is 30.3 Å². The normalized spacial score (nSPS) is 11.8. The Balaban J connectivity index is 1.69. The summed E-state index contributed by atoms with van der Waals surface area (Å²) in [4.78, 5) is 23.8. The molecular formula is C19H13F3N4O.